The van der Waals surface area contributed by atoms with Crippen LogP contribution in [0.25, 0.3) is 0 Å². The van der Waals surface area contributed by atoms with Crippen LogP contribution in [0.2, 0.25) is 0 Å². The number of hydrogen-bond donors (Lipinski definition) is 1. The van der Waals surface area contributed by atoms with Crippen LogP contribution in [0.5, 0.6) is 0 Å². The fourth-order valence-corrected chi connectivity index (χ4v) is 2.18. The second kappa shape index (κ2) is 6.09. The second-order valence-electron chi connectivity index (χ2n) is 3.58. The smallest absolute Gasteiger partial charge is 0.446 e. The van der Waals surface area contributed by atoms with Crippen molar-refractivity contribution in [1.29, 1.82) is 5.26 Å². The molecular formula is C11H6F5NO2S. The Hall–Kier alpha value is -1.82. The van der Waals surface area contributed by atoms with E-state index in [1.165, 1.54) is 6.07 Å². The summed E-state index contributed by atoms with van der Waals surface area (Å²) in [6.07, 6.45) is -3.88. The molecule has 0 atom stereocenters. The number of rotatable bonds is 4. The Kier molecular flexibility index (Phi) is 4.94. The molecule has 0 bridgehead atoms. The molecule has 9 heteroatoms. The predicted octanol–water partition coefficient (Wildman–Crippen LogP) is 3.73. The number of alkyl halides is 5. The number of nitriles is 1. The number of carboxylic acids is 1. The van der Waals surface area contributed by atoms with E-state index in [0.717, 1.165) is 6.07 Å². The highest BCUT2D eigenvalue weighted by Gasteiger charge is 2.32. The Morgan fingerprint density at radius 3 is 2.40 bits per heavy atom. The van der Waals surface area contributed by atoms with Crippen molar-refractivity contribution in [3.8, 4) is 6.07 Å². The first kappa shape index (κ1) is 16.2. The maximum atomic E-state index is 12.6. The summed E-state index contributed by atoms with van der Waals surface area (Å²) in [4.78, 5) is 9.86. The maximum absolute atomic E-state index is 12.6. The van der Waals surface area contributed by atoms with Gasteiger partial charge < -0.3 is 5.11 Å². The van der Waals surface area contributed by atoms with Gasteiger partial charge in [0, 0.05) is 10.5 Å². The zero-order chi connectivity index (χ0) is 15.5. The van der Waals surface area contributed by atoms with E-state index in [9.17, 15) is 26.7 Å². The molecule has 0 saturated carbocycles. The minimum atomic E-state index is -4.77. The molecule has 0 aromatic heterocycles. The van der Waals surface area contributed by atoms with Crippen LogP contribution in [0.4, 0.5) is 22.0 Å². The van der Waals surface area contributed by atoms with Crippen LogP contribution in [0.1, 0.15) is 23.1 Å². The lowest BCUT2D eigenvalue weighted by atomic mass is 10.0. The molecular weight excluding hydrogens is 305 g/mol. The minimum absolute atomic E-state index is 0.371. The van der Waals surface area contributed by atoms with E-state index in [0.29, 0.717) is 6.07 Å². The summed E-state index contributed by atoms with van der Waals surface area (Å²) in [5.74, 6) is -1.43. The zero-order valence-electron chi connectivity index (χ0n) is 9.54. The molecule has 0 aliphatic rings. The molecule has 0 heterocycles. The van der Waals surface area contributed by atoms with E-state index in [2.05, 4.69) is 0 Å². The van der Waals surface area contributed by atoms with Gasteiger partial charge in [-0.2, -0.15) is 18.4 Å². The number of aliphatic carboxylic acids is 1. The van der Waals surface area contributed by atoms with Gasteiger partial charge in [-0.3, -0.25) is 4.79 Å². The van der Waals surface area contributed by atoms with Gasteiger partial charge in [-0.15, -0.1) is 0 Å². The van der Waals surface area contributed by atoms with E-state index < -0.39 is 52.1 Å². The van der Waals surface area contributed by atoms with Crippen molar-refractivity contribution < 1.29 is 31.9 Å². The van der Waals surface area contributed by atoms with Crippen LogP contribution < -0.4 is 0 Å². The number of carbonyl (C=O) groups is 1. The molecule has 1 aromatic carbocycles. The molecule has 108 valence electrons. The molecule has 0 radical (unpaired) electrons. The number of halogens is 5. The van der Waals surface area contributed by atoms with Gasteiger partial charge >= 0.3 is 11.5 Å². The van der Waals surface area contributed by atoms with E-state index in [-0.39, 0.29) is 5.56 Å². The lowest BCUT2D eigenvalue weighted by Gasteiger charge is -2.12. The molecule has 1 aromatic rings. The third kappa shape index (κ3) is 4.38. The van der Waals surface area contributed by atoms with Crippen molar-refractivity contribution in [2.24, 2.45) is 0 Å². The standard InChI is InChI=1S/C11H6F5NO2S/c12-10(13)6-1-5(3-9(18)19)7(4-17)8(2-6)20-11(14,15)16/h1-2,10H,3H2,(H,18,19). The Morgan fingerprint density at radius 2 is 2.00 bits per heavy atom. The van der Waals surface area contributed by atoms with E-state index in [1.54, 1.807) is 0 Å². The molecule has 1 rings (SSSR count). The SMILES string of the molecule is N#Cc1c(CC(=O)O)cc(C(F)F)cc1SC(F)(F)F. The Balaban J connectivity index is 3.43. The Bertz CT molecular complexity index is 565. The fourth-order valence-electron chi connectivity index (χ4n) is 1.46. The zero-order valence-corrected chi connectivity index (χ0v) is 10.4. The summed E-state index contributed by atoms with van der Waals surface area (Å²) >= 11 is -0.724. The molecule has 0 fully saturated rings. The average molecular weight is 311 g/mol. The van der Waals surface area contributed by atoms with Crippen molar-refractivity contribution in [1.82, 2.24) is 0 Å². The minimum Gasteiger partial charge on any atom is -0.481 e. The van der Waals surface area contributed by atoms with E-state index in [1.807, 2.05) is 0 Å². The van der Waals surface area contributed by atoms with Crippen LogP contribution in [0, 0.1) is 11.3 Å². The van der Waals surface area contributed by atoms with Crippen molar-refractivity contribution in [2.75, 3.05) is 0 Å². The van der Waals surface area contributed by atoms with Crippen molar-refractivity contribution in [3.63, 3.8) is 0 Å². The highest BCUT2D eigenvalue weighted by atomic mass is 32.2. The van der Waals surface area contributed by atoms with E-state index in [4.69, 9.17) is 10.4 Å². The first-order chi connectivity index (χ1) is 9.14. The van der Waals surface area contributed by atoms with E-state index >= 15 is 0 Å². The number of thioether (sulfide) groups is 1. The van der Waals surface area contributed by atoms with Gasteiger partial charge in [0.05, 0.1) is 12.0 Å². The van der Waals surface area contributed by atoms with Gasteiger partial charge in [-0.1, -0.05) is 0 Å². The largest absolute Gasteiger partial charge is 0.481 e. The first-order valence-corrected chi connectivity index (χ1v) is 5.78. The monoisotopic (exact) mass is 311 g/mol. The average Bonchev–Trinajstić information content (AvgIpc) is 2.25. The molecule has 1 N–H and O–H groups in total. The normalized spacial score (nSPS) is 11.4. The summed E-state index contributed by atoms with van der Waals surface area (Å²) in [6.45, 7) is 0. The van der Waals surface area contributed by atoms with Gasteiger partial charge in [-0.25, -0.2) is 8.78 Å². The van der Waals surface area contributed by atoms with Crippen molar-refractivity contribution in [3.05, 3.63) is 28.8 Å². The highest BCUT2D eigenvalue weighted by molar-refractivity contribution is 8.00. The van der Waals surface area contributed by atoms with Crippen LogP contribution in [0.3, 0.4) is 0 Å². The lowest BCUT2D eigenvalue weighted by Crippen LogP contribution is -2.07. The van der Waals surface area contributed by atoms with Gasteiger partial charge in [0.15, 0.2) is 0 Å². The van der Waals surface area contributed by atoms with Gasteiger partial charge in [-0.05, 0) is 29.5 Å². The summed E-state index contributed by atoms with van der Waals surface area (Å²) in [6, 6.07) is 2.71. The number of hydrogen-bond acceptors (Lipinski definition) is 3. The van der Waals surface area contributed by atoms with Crippen LogP contribution in [-0.2, 0) is 11.2 Å². The summed E-state index contributed by atoms with van der Waals surface area (Å²) in [5, 5.41) is 17.4. The summed E-state index contributed by atoms with van der Waals surface area (Å²) in [7, 11) is 0. The topological polar surface area (TPSA) is 61.1 Å². The molecule has 0 aliphatic heterocycles. The first-order valence-electron chi connectivity index (χ1n) is 4.96. The van der Waals surface area contributed by atoms with Gasteiger partial charge in [0.25, 0.3) is 6.43 Å². The second-order valence-corrected chi connectivity index (χ2v) is 4.69. The molecule has 0 amide bonds. The molecule has 0 aliphatic carbocycles. The third-order valence-corrected chi connectivity index (χ3v) is 2.91. The van der Waals surface area contributed by atoms with Gasteiger partial charge in [0.2, 0.25) is 0 Å². The van der Waals surface area contributed by atoms with Crippen LogP contribution in [-0.4, -0.2) is 16.6 Å². The molecule has 0 saturated heterocycles. The molecule has 0 spiro atoms. The quantitative estimate of drug-likeness (QED) is 0.680. The van der Waals surface area contributed by atoms with Gasteiger partial charge in [0.1, 0.15) is 6.07 Å². The molecule has 3 nitrogen and oxygen atoms in total. The number of benzene rings is 1. The Morgan fingerprint density at radius 1 is 1.40 bits per heavy atom. The fraction of sp³-hybridized carbons (Fsp3) is 0.273. The van der Waals surface area contributed by atoms with Crippen LogP contribution in [0.15, 0.2) is 17.0 Å². The maximum Gasteiger partial charge on any atom is 0.446 e. The number of carboxylic acid groups (broad SMARTS) is 1. The van der Waals surface area contributed by atoms with Crippen molar-refractivity contribution in [2.45, 2.75) is 23.3 Å². The molecule has 20 heavy (non-hydrogen) atoms. The summed E-state index contributed by atoms with van der Waals surface area (Å²) in [5.41, 5.74) is -6.46. The third-order valence-electron chi connectivity index (χ3n) is 2.14. The predicted molar refractivity (Wildman–Crippen MR) is 59.4 cm³/mol. The summed E-state index contributed by atoms with van der Waals surface area (Å²) < 4.78 is 62.2. The molecule has 0 unspecified atom stereocenters. The van der Waals surface area contributed by atoms with Crippen LogP contribution >= 0.6 is 11.8 Å². The number of nitrogens with zero attached hydrogens (tertiary/aromatic N) is 1. The van der Waals surface area contributed by atoms with Crippen molar-refractivity contribution >= 4 is 17.7 Å². The Labute approximate surface area is 114 Å². The highest BCUT2D eigenvalue weighted by Crippen LogP contribution is 2.41. The lowest BCUT2D eigenvalue weighted by molar-refractivity contribution is -0.136.